The van der Waals surface area contributed by atoms with Gasteiger partial charge < -0.3 is 9.47 Å². The lowest BCUT2D eigenvalue weighted by Crippen LogP contribution is -2.10. The van der Waals surface area contributed by atoms with Gasteiger partial charge in [0.05, 0.1) is 13.2 Å². The van der Waals surface area contributed by atoms with Gasteiger partial charge in [-0.05, 0) is 25.0 Å². The second kappa shape index (κ2) is 7.22. The number of methoxy groups -OCH3 is 1. The van der Waals surface area contributed by atoms with E-state index < -0.39 is 0 Å². The largest absolute Gasteiger partial charge is 0.382 e. The quantitative estimate of drug-likeness (QED) is 0.737. The van der Waals surface area contributed by atoms with Crippen LogP contribution in [-0.2, 0) is 9.47 Å². The standard InChI is InChI=1S/C18H22O2/c1-14-4-8-16(9-5-14)18(20-13-12-19-3)17-10-6-15(2)7-11-17/h4-11,18H,12-13H2,1-3H3. The van der Waals surface area contributed by atoms with Crippen molar-refractivity contribution in [3.63, 3.8) is 0 Å². The lowest BCUT2D eigenvalue weighted by Gasteiger charge is -2.19. The zero-order valence-corrected chi connectivity index (χ0v) is 12.4. The van der Waals surface area contributed by atoms with Crippen molar-refractivity contribution in [2.45, 2.75) is 20.0 Å². The second-order valence-corrected chi connectivity index (χ2v) is 5.06. The van der Waals surface area contributed by atoms with Gasteiger partial charge in [-0.15, -0.1) is 0 Å². The van der Waals surface area contributed by atoms with E-state index in [0.717, 1.165) is 0 Å². The van der Waals surface area contributed by atoms with E-state index in [-0.39, 0.29) is 6.10 Å². The Kier molecular flexibility index (Phi) is 5.33. The van der Waals surface area contributed by atoms with Gasteiger partial charge in [0.25, 0.3) is 0 Å². The summed E-state index contributed by atoms with van der Waals surface area (Å²) in [6, 6.07) is 17.0. The molecule has 0 aromatic heterocycles. The van der Waals surface area contributed by atoms with E-state index >= 15 is 0 Å². The van der Waals surface area contributed by atoms with Crippen molar-refractivity contribution < 1.29 is 9.47 Å². The second-order valence-electron chi connectivity index (χ2n) is 5.06. The molecule has 2 aromatic rings. The fourth-order valence-corrected chi connectivity index (χ4v) is 2.12. The van der Waals surface area contributed by atoms with Crippen molar-refractivity contribution in [3.8, 4) is 0 Å². The molecule has 0 radical (unpaired) electrons. The van der Waals surface area contributed by atoms with Gasteiger partial charge in [-0.3, -0.25) is 0 Å². The van der Waals surface area contributed by atoms with E-state index in [4.69, 9.17) is 9.47 Å². The van der Waals surface area contributed by atoms with Crippen molar-refractivity contribution in [1.82, 2.24) is 0 Å². The molecule has 0 spiro atoms. The van der Waals surface area contributed by atoms with E-state index in [1.54, 1.807) is 7.11 Å². The average Bonchev–Trinajstić information content (AvgIpc) is 2.46. The highest BCUT2D eigenvalue weighted by molar-refractivity contribution is 5.33. The predicted molar refractivity (Wildman–Crippen MR) is 82.0 cm³/mol. The first-order valence-electron chi connectivity index (χ1n) is 6.94. The summed E-state index contributed by atoms with van der Waals surface area (Å²) in [5.41, 5.74) is 4.87. The van der Waals surface area contributed by atoms with Gasteiger partial charge in [0, 0.05) is 7.11 Å². The molecular formula is C18H22O2. The van der Waals surface area contributed by atoms with Crippen LogP contribution in [0.1, 0.15) is 28.4 Å². The highest BCUT2D eigenvalue weighted by Gasteiger charge is 2.14. The van der Waals surface area contributed by atoms with Crippen LogP contribution >= 0.6 is 0 Å². The van der Waals surface area contributed by atoms with Crippen LogP contribution in [-0.4, -0.2) is 20.3 Å². The third kappa shape index (κ3) is 3.92. The Labute approximate surface area is 121 Å². The third-order valence-corrected chi connectivity index (χ3v) is 3.33. The molecule has 0 aliphatic rings. The Morgan fingerprint density at radius 3 is 1.60 bits per heavy atom. The molecule has 0 amide bonds. The van der Waals surface area contributed by atoms with E-state index in [1.165, 1.54) is 22.3 Å². The SMILES string of the molecule is COCCOC(c1ccc(C)cc1)c1ccc(C)cc1. The van der Waals surface area contributed by atoms with Crippen LogP contribution in [0.15, 0.2) is 48.5 Å². The molecule has 2 nitrogen and oxygen atoms in total. The van der Waals surface area contributed by atoms with Gasteiger partial charge in [-0.1, -0.05) is 59.7 Å². The maximum atomic E-state index is 6.01. The maximum Gasteiger partial charge on any atom is 0.108 e. The van der Waals surface area contributed by atoms with Crippen LogP contribution in [0.3, 0.4) is 0 Å². The molecule has 0 aliphatic carbocycles. The Morgan fingerprint density at radius 2 is 1.20 bits per heavy atom. The molecular weight excluding hydrogens is 248 g/mol. The minimum absolute atomic E-state index is 0.0358. The van der Waals surface area contributed by atoms with Crippen molar-refractivity contribution in [2.24, 2.45) is 0 Å². The first kappa shape index (κ1) is 14.8. The smallest absolute Gasteiger partial charge is 0.108 e. The van der Waals surface area contributed by atoms with Gasteiger partial charge in [-0.2, -0.15) is 0 Å². The van der Waals surface area contributed by atoms with Crippen molar-refractivity contribution in [3.05, 3.63) is 70.8 Å². The molecule has 2 heteroatoms. The Morgan fingerprint density at radius 1 is 0.750 bits per heavy atom. The summed E-state index contributed by atoms with van der Waals surface area (Å²) >= 11 is 0. The highest BCUT2D eigenvalue weighted by Crippen LogP contribution is 2.26. The summed E-state index contributed by atoms with van der Waals surface area (Å²) in [6.45, 7) is 5.38. The first-order valence-corrected chi connectivity index (χ1v) is 6.94. The fraction of sp³-hybridized carbons (Fsp3) is 0.333. The van der Waals surface area contributed by atoms with Crippen molar-refractivity contribution >= 4 is 0 Å². The lowest BCUT2D eigenvalue weighted by atomic mass is 9.99. The zero-order chi connectivity index (χ0) is 14.4. The molecule has 0 fully saturated rings. The van der Waals surface area contributed by atoms with E-state index in [0.29, 0.717) is 13.2 Å². The van der Waals surface area contributed by atoms with Crippen LogP contribution in [0.4, 0.5) is 0 Å². The molecule has 106 valence electrons. The summed E-state index contributed by atoms with van der Waals surface area (Å²) in [5, 5.41) is 0. The van der Waals surface area contributed by atoms with E-state index in [1.807, 2.05) is 0 Å². The number of rotatable bonds is 6. The van der Waals surface area contributed by atoms with E-state index in [2.05, 4.69) is 62.4 Å². The van der Waals surface area contributed by atoms with Gasteiger partial charge in [0.1, 0.15) is 6.10 Å². The van der Waals surface area contributed by atoms with Gasteiger partial charge in [-0.25, -0.2) is 0 Å². The summed E-state index contributed by atoms with van der Waals surface area (Å²) in [5.74, 6) is 0. The minimum atomic E-state index is -0.0358. The van der Waals surface area contributed by atoms with Crippen molar-refractivity contribution in [1.29, 1.82) is 0 Å². The first-order chi connectivity index (χ1) is 9.70. The summed E-state index contributed by atoms with van der Waals surface area (Å²) < 4.78 is 11.1. The maximum absolute atomic E-state index is 6.01. The average molecular weight is 270 g/mol. The summed E-state index contributed by atoms with van der Waals surface area (Å²) in [4.78, 5) is 0. The molecule has 20 heavy (non-hydrogen) atoms. The Balaban J connectivity index is 2.23. The van der Waals surface area contributed by atoms with Crippen LogP contribution in [0, 0.1) is 13.8 Å². The van der Waals surface area contributed by atoms with Crippen molar-refractivity contribution in [2.75, 3.05) is 20.3 Å². The molecule has 0 unspecified atom stereocenters. The van der Waals surface area contributed by atoms with Crippen LogP contribution in [0.5, 0.6) is 0 Å². The van der Waals surface area contributed by atoms with Crippen LogP contribution < -0.4 is 0 Å². The fourth-order valence-electron chi connectivity index (χ4n) is 2.12. The number of hydrogen-bond acceptors (Lipinski definition) is 2. The van der Waals surface area contributed by atoms with Crippen LogP contribution in [0.2, 0.25) is 0 Å². The molecule has 0 bridgehead atoms. The highest BCUT2D eigenvalue weighted by atomic mass is 16.5. The molecule has 2 aromatic carbocycles. The zero-order valence-electron chi connectivity index (χ0n) is 12.4. The Hall–Kier alpha value is -1.64. The predicted octanol–water partition coefficient (Wildman–Crippen LogP) is 4.06. The summed E-state index contributed by atoms with van der Waals surface area (Å²) in [6.07, 6.45) is -0.0358. The lowest BCUT2D eigenvalue weighted by molar-refractivity contribution is 0.0356. The third-order valence-electron chi connectivity index (χ3n) is 3.33. The molecule has 0 saturated carbocycles. The molecule has 0 atom stereocenters. The number of benzene rings is 2. The summed E-state index contributed by atoms with van der Waals surface area (Å²) in [7, 11) is 1.69. The van der Waals surface area contributed by atoms with Gasteiger partial charge in [0.15, 0.2) is 0 Å². The Bertz CT molecular complexity index is 469. The van der Waals surface area contributed by atoms with E-state index in [9.17, 15) is 0 Å². The number of aryl methyl sites for hydroxylation is 2. The molecule has 0 aliphatic heterocycles. The monoisotopic (exact) mass is 270 g/mol. The molecule has 0 N–H and O–H groups in total. The van der Waals surface area contributed by atoms with Gasteiger partial charge >= 0.3 is 0 Å². The van der Waals surface area contributed by atoms with Gasteiger partial charge in [0.2, 0.25) is 0 Å². The molecule has 0 heterocycles. The molecule has 2 rings (SSSR count). The minimum Gasteiger partial charge on any atom is -0.382 e. The number of ether oxygens (including phenoxy) is 2. The topological polar surface area (TPSA) is 18.5 Å². The number of hydrogen-bond donors (Lipinski definition) is 0. The molecule has 0 saturated heterocycles. The normalized spacial score (nSPS) is 11.0. The van der Waals surface area contributed by atoms with Crippen LogP contribution in [0.25, 0.3) is 0 Å².